The molecule has 4 N–H and O–H groups in total. The van der Waals surface area contributed by atoms with Crippen molar-refractivity contribution < 1.29 is 15.3 Å². The van der Waals surface area contributed by atoms with Crippen LogP contribution in [0.25, 0.3) is 0 Å². The molecule has 2 rings (SSSR count). The SMILES string of the molecule is OCCC1(CNCc2ccc(O)c(O)c2)CC1. The van der Waals surface area contributed by atoms with Gasteiger partial charge < -0.3 is 20.6 Å². The van der Waals surface area contributed by atoms with E-state index in [1.807, 2.05) is 0 Å². The molecule has 4 heteroatoms. The van der Waals surface area contributed by atoms with Crippen LogP contribution in [-0.2, 0) is 6.54 Å². The molecule has 1 aliphatic carbocycles. The van der Waals surface area contributed by atoms with Crippen molar-refractivity contribution in [2.75, 3.05) is 13.2 Å². The fraction of sp³-hybridized carbons (Fsp3) is 0.538. The van der Waals surface area contributed by atoms with Gasteiger partial charge in [0.25, 0.3) is 0 Å². The van der Waals surface area contributed by atoms with E-state index in [1.165, 1.54) is 18.9 Å². The molecule has 1 fully saturated rings. The first-order chi connectivity index (χ1) is 8.15. The van der Waals surface area contributed by atoms with E-state index in [1.54, 1.807) is 12.1 Å². The van der Waals surface area contributed by atoms with Crippen LogP contribution < -0.4 is 5.32 Å². The normalized spacial score (nSPS) is 17.0. The molecule has 0 saturated heterocycles. The molecule has 94 valence electrons. The van der Waals surface area contributed by atoms with Gasteiger partial charge >= 0.3 is 0 Å². The molecule has 0 radical (unpaired) electrons. The van der Waals surface area contributed by atoms with Crippen molar-refractivity contribution >= 4 is 0 Å². The topological polar surface area (TPSA) is 72.7 Å². The van der Waals surface area contributed by atoms with Crippen LogP contribution in [0, 0.1) is 5.41 Å². The minimum absolute atomic E-state index is 0.0826. The summed E-state index contributed by atoms with van der Waals surface area (Å²) in [5, 5.41) is 30.8. The lowest BCUT2D eigenvalue weighted by Gasteiger charge is -2.14. The Morgan fingerprint density at radius 2 is 1.94 bits per heavy atom. The van der Waals surface area contributed by atoms with Crippen molar-refractivity contribution in [3.05, 3.63) is 23.8 Å². The Bertz CT molecular complexity index is 388. The summed E-state index contributed by atoms with van der Waals surface area (Å²) in [5.74, 6) is -0.173. The third-order valence-corrected chi connectivity index (χ3v) is 3.47. The summed E-state index contributed by atoms with van der Waals surface area (Å²) in [6.45, 7) is 1.82. The maximum absolute atomic E-state index is 9.35. The third kappa shape index (κ3) is 3.11. The van der Waals surface area contributed by atoms with Crippen LogP contribution in [-0.4, -0.2) is 28.5 Å². The Hall–Kier alpha value is -1.26. The third-order valence-electron chi connectivity index (χ3n) is 3.47. The number of nitrogens with one attached hydrogen (secondary N) is 1. The van der Waals surface area contributed by atoms with Gasteiger partial charge in [-0.05, 0) is 42.4 Å². The predicted molar refractivity (Wildman–Crippen MR) is 64.8 cm³/mol. The molecule has 17 heavy (non-hydrogen) atoms. The molecule has 0 atom stereocenters. The summed E-state index contributed by atoms with van der Waals surface area (Å²) in [7, 11) is 0. The molecule has 4 nitrogen and oxygen atoms in total. The van der Waals surface area contributed by atoms with E-state index in [4.69, 9.17) is 5.11 Å². The molecule has 0 unspecified atom stereocenters. The highest BCUT2D eigenvalue weighted by Crippen LogP contribution is 2.47. The molecule has 0 bridgehead atoms. The second-order valence-corrected chi connectivity index (χ2v) is 4.90. The molecule has 0 aliphatic heterocycles. The number of hydrogen-bond acceptors (Lipinski definition) is 4. The van der Waals surface area contributed by atoms with E-state index in [9.17, 15) is 10.2 Å². The van der Waals surface area contributed by atoms with E-state index >= 15 is 0 Å². The zero-order valence-corrected chi connectivity index (χ0v) is 9.82. The zero-order chi connectivity index (χ0) is 12.3. The Kier molecular flexibility index (Phi) is 3.54. The smallest absolute Gasteiger partial charge is 0.157 e. The van der Waals surface area contributed by atoms with Crippen molar-refractivity contribution in [1.82, 2.24) is 5.32 Å². The minimum atomic E-state index is -0.0901. The highest BCUT2D eigenvalue weighted by molar-refractivity contribution is 5.40. The molecule has 0 aromatic heterocycles. The van der Waals surface area contributed by atoms with Crippen LogP contribution in [0.1, 0.15) is 24.8 Å². The Balaban J connectivity index is 1.80. The van der Waals surface area contributed by atoms with Crippen LogP contribution in [0.4, 0.5) is 0 Å². The van der Waals surface area contributed by atoms with E-state index in [0.717, 1.165) is 18.5 Å². The lowest BCUT2D eigenvalue weighted by atomic mass is 10.0. The van der Waals surface area contributed by atoms with Gasteiger partial charge in [-0.25, -0.2) is 0 Å². The zero-order valence-electron chi connectivity index (χ0n) is 9.82. The second kappa shape index (κ2) is 4.94. The van der Waals surface area contributed by atoms with Crippen molar-refractivity contribution in [3.8, 4) is 11.5 Å². The van der Waals surface area contributed by atoms with Gasteiger partial charge in [-0.3, -0.25) is 0 Å². The number of aliphatic hydroxyl groups is 1. The van der Waals surface area contributed by atoms with Crippen molar-refractivity contribution in [3.63, 3.8) is 0 Å². The Labute approximate surface area is 101 Å². The minimum Gasteiger partial charge on any atom is -0.504 e. The van der Waals surface area contributed by atoms with Gasteiger partial charge in [0, 0.05) is 19.7 Å². The first-order valence-electron chi connectivity index (χ1n) is 5.98. The fourth-order valence-corrected chi connectivity index (χ4v) is 2.08. The fourth-order valence-electron chi connectivity index (χ4n) is 2.08. The standard InChI is InChI=1S/C13H19NO3/c15-6-5-13(3-4-13)9-14-8-10-1-2-11(16)12(17)7-10/h1-2,7,14-17H,3-6,8-9H2. The first kappa shape index (κ1) is 12.2. The van der Waals surface area contributed by atoms with Gasteiger partial charge in [0.2, 0.25) is 0 Å². The molecule has 0 heterocycles. The van der Waals surface area contributed by atoms with Crippen molar-refractivity contribution in [2.24, 2.45) is 5.41 Å². The highest BCUT2D eigenvalue weighted by atomic mass is 16.3. The molecular weight excluding hydrogens is 218 g/mol. The maximum atomic E-state index is 9.35. The summed E-state index contributed by atoms with van der Waals surface area (Å²) in [6.07, 6.45) is 3.23. The molecule has 1 aromatic rings. The Morgan fingerprint density at radius 1 is 1.18 bits per heavy atom. The van der Waals surface area contributed by atoms with E-state index < -0.39 is 0 Å². The van der Waals surface area contributed by atoms with Gasteiger partial charge in [0.15, 0.2) is 11.5 Å². The van der Waals surface area contributed by atoms with E-state index in [0.29, 0.717) is 12.0 Å². The van der Waals surface area contributed by atoms with E-state index in [-0.39, 0.29) is 18.1 Å². The molecule has 0 amide bonds. The highest BCUT2D eigenvalue weighted by Gasteiger charge is 2.41. The van der Waals surface area contributed by atoms with Crippen LogP contribution in [0.2, 0.25) is 0 Å². The Morgan fingerprint density at radius 3 is 2.53 bits per heavy atom. The molecular formula is C13H19NO3. The number of benzene rings is 1. The monoisotopic (exact) mass is 237 g/mol. The van der Waals surface area contributed by atoms with Gasteiger partial charge in [-0.2, -0.15) is 0 Å². The van der Waals surface area contributed by atoms with Crippen LogP contribution in [0.15, 0.2) is 18.2 Å². The second-order valence-electron chi connectivity index (χ2n) is 4.90. The number of phenolic OH excluding ortho intramolecular Hbond substituents is 2. The quantitative estimate of drug-likeness (QED) is 0.564. The number of hydrogen-bond donors (Lipinski definition) is 4. The lowest BCUT2D eigenvalue weighted by Crippen LogP contribution is -2.24. The van der Waals surface area contributed by atoms with Gasteiger partial charge in [-0.1, -0.05) is 6.07 Å². The van der Waals surface area contributed by atoms with Crippen LogP contribution in [0.5, 0.6) is 11.5 Å². The average Bonchev–Trinajstić information content (AvgIpc) is 3.04. The molecule has 1 aromatic carbocycles. The summed E-state index contributed by atoms with van der Waals surface area (Å²) in [5.41, 5.74) is 1.24. The first-order valence-corrected chi connectivity index (χ1v) is 5.98. The van der Waals surface area contributed by atoms with Gasteiger partial charge in [0.1, 0.15) is 0 Å². The number of phenols is 2. The largest absolute Gasteiger partial charge is 0.504 e. The van der Waals surface area contributed by atoms with Gasteiger partial charge in [0.05, 0.1) is 0 Å². The van der Waals surface area contributed by atoms with Crippen LogP contribution in [0.3, 0.4) is 0 Å². The summed E-state index contributed by atoms with van der Waals surface area (Å²) >= 11 is 0. The summed E-state index contributed by atoms with van der Waals surface area (Å²) in [4.78, 5) is 0. The summed E-state index contributed by atoms with van der Waals surface area (Å²) < 4.78 is 0. The number of aromatic hydroxyl groups is 2. The number of rotatable bonds is 6. The van der Waals surface area contributed by atoms with Crippen LogP contribution >= 0.6 is 0 Å². The molecule has 0 spiro atoms. The maximum Gasteiger partial charge on any atom is 0.157 e. The van der Waals surface area contributed by atoms with Gasteiger partial charge in [-0.15, -0.1) is 0 Å². The van der Waals surface area contributed by atoms with Crippen molar-refractivity contribution in [2.45, 2.75) is 25.8 Å². The number of aliphatic hydroxyl groups excluding tert-OH is 1. The van der Waals surface area contributed by atoms with Crippen molar-refractivity contribution in [1.29, 1.82) is 0 Å². The van der Waals surface area contributed by atoms with E-state index in [2.05, 4.69) is 5.32 Å². The average molecular weight is 237 g/mol. The lowest BCUT2D eigenvalue weighted by molar-refractivity contribution is 0.245. The molecule has 1 saturated carbocycles. The summed E-state index contributed by atoms with van der Waals surface area (Å²) in [6, 6.07) is 4.84. The predicted octanol–water partition coefficient (Wildman–Crippen LogP) is 1.35. The molecule has 1 aliphatic rings.